The molecule has 3 fully saturated rings. The summed E-state index contributed by atoms with van der Waals surface area (Å²) in [6.07, 6.45) is 7.89. The number of aliphatic imine (C=N–C) groups is 1. The van der Waals surface area contributed by atoms with Crippen LogP contribution in [0.2, 0.25) is 0 Å². The number of guanidine groups is 1. The molecular formula is C15H28N4S. The maximum atomic E-state index is 6.18. The van der Waals surface area contributed by atoms with Crippen LogP contribution in [0.5, 0.6) is 0 Å². The van der Waals surface area contributed by atoms with Gasteiger partial charge in [0.15, 0.2) is 5.96 Å². The van der Waals surface area contributed by atoms with Gasteiger partial charge in [0, 0.05) is 43.2 Å². The fraction of sp³-hybridized carbons (Fsp3) is 0.933. The van der Waals surface area contributed by atoms with Gasteiger partial charge in [-0.1, -0.05) is 12.8 Å². The van der Waals surface area contributed by atoms with Gasteiger partial charge in [-0.15, -0.1) is 0 Å². The lowest BCUT2D eigenvalue weighted by Gasteiger charge is -2.42. The molecule has 2 saturated carbocycles. The summed E-state index contributed by atoms with van der Waals surface area (Å²) >= 11 is 2.09. The Hall–Kier alpha value is -0.420. The average Bonchev–Trinajstić information content (AvgIpc) is 3.23. The van der Waals surface area contributed by atoms with Gasteiger partial charge in [-0.2, -0.15) is 11.8 Å². The van der Waals surface area contributed by atoms with E-state index in [1.54, 1.807) is 0 Å². The number of nitrogens with two attached hydrogens (primary N) is 1. The Kier molecular flexibility index (Phi) is 4.46. The second-order valence-corrected chi connectivity index (χ2v) is 7.77. The summed E-state index contributed by atoms with van der Waals surface area (Å²) < 4.78 is 0. The summed E-state index contributed by atoms with van der Waals surface area (Å²) in [5.74, 6) is 3.32. The van der Waals surface area contributed by atoms with E-state index in [1.807, 2.05) is 0 Å². The minimum Gasteiger partial charge on any atom is -0.370 e. The molecular weight excluding hydrogens is 268 g/mol. The molecule has 0 unspecified atom stereocenters. The maximum Gasteiger partial charge on any atom is 0.191 e. The van der Waals surface area contributed by atoms with Crippen molar-refractivity contribution >= 4 is 17.7 Å². The summed E-state index contributed by atoms with van der Waals surface area (Å²) in [6, 6.07) is 0.657. The SMILES string of the molecule is CN(C(N)=NCC1(N2CCSCC2)CCCC1)C1CC1. The van der Waals surface area contributed by atoms with Gasteiger partial charge in [-0.05, 0) is 25.7 Å². The molecule has 1 heterocycles. The average molecular weight is 296 g/mol. The molecule has 0 aromatic carbocycles. The van der Waals surface area contributed by atoms with E-state index in [0.29, 0.717) is 11.6 Å². The first kappa shape index (κ1) is 14.5. The Morgan fingerprint density at radius 3 is 2.55 bits per heavy atom. The molecule has 114 valence electrons. The number of hydrogen-bond acceptors (Lipinski definition) is 3. The third kappa shape index (κ3) is 3.08. The monoisotopic (exact) mass is 296 g/mol. The zero-order valence-electron chi connectivity index (χ0n) is 12.7. The molecule has 3 aliphatic rings. The lowest BCUT2D eigenvalue weighted by atomic mass is 9.95. The number of rotatable bonds is 4. The van der Waals surface area contributed by atoms with Crippen LogP contribution in [0.4, 0.5) is 0 Å². The fourth-order valence-corrected chi connectivity index (χ4v) is 4.54. The first-order chi connectivity index (χ1) is 9.71. The van der Waals surface area contributed by atoms with Crippen molar-refractivity contribution in [1.82, 2.24) is 9.80 Å². The summed E-state index contributed by atoms with van der Waals surface area (Å²) in [5, 5.41) is 0. The highest BCUT2D eigenvalue weighted by molar-refractivity contribution is 7.99. The van der Waals surface area contributed by atoms with Crippen LogP contribution < -0.4 is 5.73 Å². The van der Waals surface area contributed by atoms with Gasteiger partial charge in [-0.25, -0.2) is 0 Å². The number of nitrogens with zero attached hydrogens (tertiary/aromatic N) is 3. The molecule has 0 amide bonds. The molecule has 5 heteroatoms. The number of hydrogen-bond donors (Lipinski definition) is 1. The van der Waals surface area contributed by atoms with Crippen molar-refractivity contribution in [2.45, 2.75) is 50.1 Å². The van der Waals surface area contributed by atoms with Gasteiger partial charge >= 0.3 is 0 Å². The summed E-state index contributed by atoms with van der Waals surface area (Å²) in [5.41, 5.74) is 6.49. The summed E-state index contributed by atoms with van der Waals surface area (Å²) in [4.78, 5) is 9.67. The van der Waals surface area contributed by atoms with Gasteiger partial charge in [0.25, 0.3) is 0 Å². The van der Waals surface area contributed by atoms with Crippen LogP contribution in [0.25, 0.3) is 0 Å². The van der Waals surface area contributed by atoms with Crippen LogP contribution in [0.3, 0.4) is 0 Å². The Balaban J connectivity index is 1.65. The second kappa shape index (κ2) is 6.14. The highest BCUT2D eigenvalue weighted by Crippen LogP contribution is 2.37. The van der Waals surface area contributed by atoms with Gasteiger partial charge < -0.3 is 10.6 Å². The molecule has 2 aliphatic carbocycles. The molecule has 3 rings (SSSR count). The van der Waals surface area contributed by atoms with Crippen LogP contribution in [0, 0.1) is 0 Å². The van der Waals surface area contributed by atoms with E-state index in [1.165, 1.54) is 63.1 Å². The quantitative estimate of drug-likeness (QED) is 0.634. The first-order valence-corrected chi connectivity index (χ1v) is 9.22. The van der Waals surface area contributed by atoms with Crippen LogP contribution in [0.1, 0.15) is 38.5 Å². The van der Waals surface area contributed by atoms with Gasteiger partial charge in [-0.3, -0.25) is 9.89 Å². The Bertz CT molecular complexity index is 355. The Morgan fingerprint density at radius 1 is 1.30 bits per heavy atom. The Morgan fingerprint density at radius 2 is 1.95 bits per heavy atom. The van der Waals surface area contributed by atoms with E-state index in [9.17, 15) is 0 Å². The largest absolute Gasteiger partial charge is 0.370 e. The normalized spacial score (nSPS) is 27.8. The highest BCUT2D eigenvalue weighted by atomic mass is 32.2. The predicted molar refractivity (Wildman–Crippen MR) is 87.4 cm³/mol. The van der Waals surface area contributed by atoms with E-state index >= 15 is 0 Å². The predicted octanol–water partition coefficient (Wildman–Crippen LogP) is 1.76. The van der Waals surface area contributed by atoms with Crippen LogP contribution >= 0.6 is 11.8 Å². The molecule has 0 aromatic rings. The van der Waals surface area contributed by atoms with Crippen molar-refractivity contribution < 1.29 is 0 Å². The molecule has 0 bridgehead atoms. The molecule has 2 N–H and O–H groups in total. The van der Waals surface area contributed by atoms with E-state index in [0.717, 1.165) is 12.5 Å². The molecule has 0 aromatic heterocycles. The van der Waals surface area contributed by atoms with Crippen molar-refractivity contribution in [1.29, 1.82) is 0 Å². The Labute approximate surface area is 127 Å². The molecule has 1 aliphatic heterocycles. The molecule has 0 spiro atoms. The summed E-state index contributed by atoms with van der Waals surface area (Å²) in [7, 11) is 2.09. The standard InChI is InChI=1S/C15H28N4S/c1-18(13-4-5-13)14(16)17-12-15(6-2-3-7-15)19-8-10-20-11-9-19/h13H,2-12H2,1H3,(H2,16,17). The molecule has 4 nitrogen and oxygen atoms in total. The molecule has 0 atom stereocenters. The minimum absolute atomic E-state index is 0.315. The van der Waals surface area contributed by atoms with E-state index in [2.05, 4.69) is 28.6 Å². The van der Waals surface area contributed by atoms with Crippen molar-refractivity contribution in [3.05, 3.63) is 0 Å². The zero-order chi connectivity index (χ0) is 14.0. The lowest BCUT2D eigenvalue weighted by molar-refractivity contribution is 0.112. The second-order valence-electron chi connectivity index (χ2n) is 6.55. The van der Waals surface area contributed by atoms with Crippen LogP contribution in [-0.4, -0.2) is 65.5 Å². The summed E-state index contributed by atoms with van der Waals surface area (Å²) in [6.45, 7) is 3.37. The minimum atomic E-state index is 0.315. The number of thioether (sulfide) groups is 1. The van der Waals surface area contributed by atoms with Crippen molar-refractivity contribution in [3.63, 3.8) is 0 Å². The van der Waals surface area contributed by atoms with Gasteiger partial charge in [0.1, 0.15) is 0 Å². The fourth-order valence-electron chi connectivity index (χ4n) is 3.63. The third-order valence-electron chi connectivity index (χ3n) is 5.21. The van der Waals surface area contributed by atoms with Gasteiger partial charge in [0.05, 0.1) is 6.54 Å². The van der Waals surface area contributed by atoms with Crippen molar-refractivity contribution in [2.24, 2.45) is 10.7 Å². The highest BCUT2D eigenvalue weighted by Gasteiger charge is 2.40. The van der Waals surface area contributed by atoms with E-state index in [4.69, 9.17) is 10.7 Å². The van der Waals surface area contributed by atoms with Crippen molar-refractivity contribution in [3.8, 4) is 0 Å². The smallest absolute Gasteiger partial charge is 0.191 e. The van der Waals surface area contributed by atoms with Crippen molar-refractivity contribution in [2.75, 3.05) is 38.2 Å². The zero-order valence-corrected chi connectivity index (χ0v) is 13.5. The molecule has 20 heavy (non-hydrogen) atoms. The molecule has 1 saturated heterocycles. The van der Waals surface area contributed by atoms with E-state index in [-0.39, 0.29) is 0 Å². The van der Waals surface area contributed by atoms with Gasteiger partial charge in [0.2, 0.25) is 0 Å². The molecule has 0 radical (unpaired) electrons. The van der Waals surface area contributed by atoms with Crippen LogP contribution in [-0.2, 0) is 0 Å². The van der Waals surface area contributed by atoms with E-state index < -0.39 is 0 Å². The van der Waals surface area contributed by atoms with Crippen LogP contribution in [0.15, 0.2) is 4.99 Å². The lowest BCUT2D eigenvalue weighted by Crippen LogP contribution is -2.53. The topological polar surface area (TPSA) is 44.9 Å². The maximum absolute atomic E-state index is 6.18. The first-order valence-electron chi connectivity index (χ1n) is 8.07. The third-order valence-corrected chi connectivity index (χ3v) is 6.15.